The first-order valence-electron chi connectivity index (χ1n) is 7.08. The van der Waals surface area contributed by atoms with Crippen LogP contribution >= 0.6 is 11.6 Å². The van der Waals surface area contributed by atoms with Gasteiger partial charge in [-0.1, -0.05) is 18.2 Å². The maximum Gasteiger partial charge on any atom is 0.573 e. The summed E-state index contributed by atoms with van der Waals surface area (Å²) in [5.41, 5.74) is 0.0813. The molecule has 10 heteroatoms. The van der Waals surface area contributed by atoms with Crippen molar-refractivity contribution in [2.24, 2.45) is 0 Å². The molecule has 6 nitrogen and oxygen atoms in total. The minimum atomic E-state index is -4.85. The van der Waals surface area contributed by atoms with Crippen LogP contribution in [-0.4, -0.2) is 48.9 Å². The summed E-state index contributed by atoms with van der Waals surface area (Å²) in [5, 5.41) is 2.32. The van der Waals surface area contributed by atoms with Gasteiger partial charge in [-0.25, -0.2) is 0 Å². The third-order valence-corrected chi connectivity index (χ3v) is 3.63. The molecule has 1 unspecified atom stereocenters. The fourth-order valence-electron chi connectivity index (χ4n) is 2.21. The largest absolute Gasteiger partial charge is 0.573 e. The van der Waals surface area contributed by atoms with E-state index in [-0.39, 0.29) is 30.5 Å². The molecule has 25 heavy (non-hydrogen) atoms. The van der Waals surface area contributed by atoms with Crippen LogP contribution in [-0.2, 0) is 14.3 Å². The predicted octanol–water partition coefficient (Wildman–Crippen LogP) is 2.59. The summed E-state index contributed by atoms with van der Waals surface area (Å²) in [4.78, 5) is 25.5. The molecule has 0 aliphatic carbocycles. The van der Waals surface area contributed by atoms with Crippen LogP contribution in [0.3, 0.4) is 0 Å². The number of rotatable bonds is 4. The Kier molecular flexibility index (Phi) is 5.91. The smallest absolute Gasteiger partial charge is 0.406 e. The monoisotopic (exact) mass is 378 g/mol. The lowest BCUT2D eigenvalue weighted by atomic mass is 10.2. The Hall–Kier alpha value is -2.26. The van der Waals surface area contributed by atoms with Crippen LogP contribution in [0.4, 0.5) is 18.9 Å². The van der Waals surface area contributed by atoms with Crippen LogP contribution in [0.5, 0.6) is 5.75 Å². The lowest BCUT2D eigenvalue weighted by Gasteiger charge is -2.33. The maximum absolute atomic E-state index is 12.4. The van der Waals surface area contributed by atoms with Gasteiger partial charge < -0.3 is 19.7 Å². The molecular weight excluding hydrogens is 365 g/mol. The number of hydrogen-bond acceptors (Lipinski definition) is 4. The van der Waals surface area contributed by atoms with Gasteiger partial charge in [0.05, 0.1) is 23.9 Å². The van der Waals surface area contributed by atoms with Crippen molar-refractivity contribution in [3.05, 3.63) is 35.9 Å². The van der Waals surface area contributed by atoms with Crippen molar-refractivity contribution in [1.29, 1.82) is 0 Å². The molecule has 0 bridgehead atoms. The number of morpholine rings is 1. The fourth-order valence-corrected chi connectivity index (χ4v) is 2.43. The molecular formula is C15H14ClF3N2O4. The molecule has 1 heterocycles. The molecule has 1 N–H and O–H groups in total. The Bertz CT molecular complexity index is 681. The van der Waals surface area contributed by atoms with E-state index in [0.29, 0.717) is 0 Å². The first kappa shape index (κ1) is 19.1. The number of halogens is 4. The molecule has 1 fully saturated rings. The molecule has 1 aromatic carbocycles. The lowest BCUT2D eigenvalue weighted by molar-refractivity contribution is -0.274. The summed E-state index contributed by atoms with van der Waals surface area (Å²) in [6.45, 7) is 3.86. The second-order valence-corrected chi connectivity index (χ2v) is 5.41. The van der Waals surface area contributed by atoms with Crippen molar-refractivity contribution < 1.29 is 32.2 Å². The number of amides is 2. The van der Waals surface area contributed by atoms with E-state index < -0.39 is 30.0 Å². The number of nitrogens with one attached hydrogen (secondary N) is 1. The van der Waals surface area contributed by atoms with Gasteiger partial charge in [0.2, 0.25) is 11.8 Å². The molecule has 0 aromatic heterocycles. The number of hydrogen-bond donors (Lipinski definition) is 1. The normalized spacial score (nSPS) is 17.8. The minimum Gasteiger partial charge on any atom is -0.406 e. The molecule has 1 aromatic rings. The van der Waals surface area contributed by atoms with Gasteiger partial charge in [0.15, 0.2) is 0 Å². The van der Waals surface area contributed by atoms with Gasteiger partial charge in [0.25, 0.3) is 0 Å². The van der Waals surface area contributed by atoms with Crippen molar-refractivity contribution in [2.45, 2.75) is 12.4 Å². The standard InChI is InChI=1S/C15H14ClF3N2O4/c1-2-13(22)21-5-6-24-8-12(21)14(23)20-11-4-3-9(7-10(11)16)25-15(17,18)19/h2-4,7,12H,1,5-6,8H2,(H,20,23). The molecule has 0 spiro atoms. The molecule has 136 valence electrons. The molecule has 0 saturated carbocycles. The fraction of sp³-hybridized carbons (Fsp3) is 0.333. The van der Waals surface area contributed by atoms with Gasteiger partial charge in [-0.15, -0.1) is 13.2 Å². The minimum absolute atomic E-state index is 0.0156. The number of anilines is 1. The van der Waals surface area contributed by atoms with Gasteiger partial charge in [-0.05, 0) is 18.2 Å². The molecule has 2 rings (SSSR count). The van der Waals surface area contributed by atoms with Crippen LogP contribution in [0.15, 0.2) is 30.9 Å². The van der Waals surface area contributed by atoms with Crippen LogP contribution in [0, 0.1) is 0 Å². The van der Waals surface area contributed by atoms with Gasteiger partial charge in [-0.3, -0.25) is 9.59 Å². The van der Waals surface area contributed by atoms with Crippen molar-refractivity contribution in [3.63, 3.8) is 0 Å². The highest BCUT2D eigenvalue weighted by molar-refractivity contribution is 6.33. The topological polar surface area (TPSA) is 67.9 Å². The maximum atomic E-state index is 12.4. The number of carbonyl (C=O) groups excluding carboxylic acids is 2. The van der Waals surface area contributed by atoms with Crippen molar-refractivity contribution >= 4 is 29.1 Å². The highest BCUT2D eigenvalue weighted by Crippen LogP contribution is 2.30. The second-order valence-electron chi connectivity index (χ2n) is 5.01. The third-order valence-electron chi connectivity index (χ3n) is 3.32. The van der Waals surface area contributed by atoms with Crippen molar-refractivity contribution in [1.82, 2.24) is 4.90 Å². The zero-order valence-electron chi connectivity index (χ0n) is 12.8. The van der Waals surface area contributed by atoms with E-state index in [2.05, 4.69) is 16.6 Å². The molecule has 2 amide bonds. The Morgan fingerprint density at radius 1 is 1.44 bits per heavy atom. The van der Waals surface area contributed by atoms with E-state index in [0.717, 1.165) is 18.2 Å². The Labute approximate surface area is 146 Å². The molecule has 0 radical (unpaired) electrons. The predicted molar refractivity (Wildman–Crippen MR) is 83.3 cm³/mol. The van der Waals surface area contributed by atoms with Gasteiger partial charge in [0, 0.05) is 12.6 Å². The third kappa shape index (κ3) is 5.10. The molecule has 1 saturated heterocycles. The zero-order valence-corrected chi connectivity index (χ0v) is 13.6. The summed E-state index contributed by atoms with van der Waals surface area (Å²) in [6.07, 6.45) is -3.76. The van der Waals surface area contributed by atoms with E-state index in [1.165, 1.54) is 11.0 Å². The highest BCUT2D eigenvalue weighted by Gasteiger charge is 2.33. The van der Waals surface area contributed by atoms with Gasteiger partial charge >= 0.3 is 6.36 Å². The van der Waals surface area contributed by atoms with E-state index in [9.17, 15) is 22.8 Å². The number of benzene rings is 1. The van der Waals surface area contributed by atoms with Crippen molar-refractivity contribution in [2.75, 3.05) is 25.1 Å². The Balaban J connectivity index is 2.11. The Morgan fingerprint density at radius 3 is 2.76 bits per heavy atom. The first-order valence-corrected chi connectivity index (χ1v) is 7.46. The first-order chi connectivity index (χ1) is 11.7. The van der Waals surface area contributed by atoms with Crippen LogP contribution in [0.1, 0.15) is 0 Å². The number of ether oxygens (including phenoxy) is 2. The van der Waals surface area contributed by atoms with Crippen molar-refractivity contribution in [3.8, 4) is 5.75 Å². The molecule has 1 aliphatic heterocycles. The average Bonchev–Trinajstić information content (AvgIpc) is 2.55. The number of alkyl halides is 3. The number of nitrogens with zero attached hydrogens (tertiary/aromatic N) is 1. The zero-order chi connectivity index (χ0) is 18.6. The quantitative estimate of drug-likeness (QED) is 0.818. The van der Waals surface area contributed by atoms with Crippen LogP contribution < -0.4 is 10.1 Å². The van der Waals surface area contributed by atoms with E-state index in [1.54, 1.807) is 0 Å². The van der Waals surface area contributed by atoms with Crippen LogP contribution in [0.25, 0.3) is 0 Å². The highest BCUT2D eigenvalue weighted by atomic mass is 35.5. The summed E-state index contributed by atoms with van der Waals surface area (Å²) in [5.74, 6) is -1.52. The van der Waals surface area contributed by atoms with Crippen LogP contribution in [0.2, 0.25) is 5.02 Å². The lowest BCUT2D eigenvalue weighted by Crippen LogP contribution is -2.53. The SMILES string of the molecule is C=CC(=O)N1CCOCC1C(=O)Nc1ccc(OC(F)(F)F)cc1Cl. The van der Waals surface area contributed by atoms with Gasteiger partial charge in [0.1, 0.15) is 11.8 Å². The molecule has 1 aliphatic rings. The van der Waals surface area contributed by atoms with E-state index in [4.69, 9.17) is 16.3 Å². The average molecular weight is 379 g/mol. The van der Waals surface area contributed by atoms with E-state index in [1.807, 2.05) is 0 Å². The summed E-state index contributed by atoms with van der Waals surface area (Å²) in [6, 6.07) is 2.21. The number of carbonyl (C=O) groups is 2. The summed E-state index contributed by atoms with van der Waals surface area (Å²) < 4.78 is 45.5. The summed E-state index contributed by atoms with van der Waals surface area (Å²) in [7, 11) is 0. The molecule has 1 atom stereocenters. The van der Waals surface area contributed by atoms with Gasteiger partial charge in [-0.2, -0.15) is 0 Å². The van der Waals surface area contributed by atoms with E-state index >= 15 is 0 Å². The Morgan fingerprint density at radius 2 is 2.16 bits per heavy atom. The summed E-state index contributed by atoms with van der Waals surface area (Å²) >= 11 is 5.88. The second kappa shape index (κ2) is 7.75.